The largest absolute Gasteiger partial charge is 0.466 e. The highest BCUT2D eigenvalue weighted by molar-refractivity contribution is 5.93. The van der Waals surface area contributed by atoms with Crippen molar-refractivity contribution in [2.45, 2.75) is 81.9 Å². The van der Waals surface area contributed by atoms with E-state index in [9.17, 15) is 24.3 Å². The van der Waals surface area contributed by atoms with E-state index < -0.39 is 77.6 Å². The van der Waals surface area contributed by atoms with E-state index in [-0.39, 0.29) is 17.6 Å². The minimum atomic E-state index is -1.49. The topological polar surface area (TPSA) is 150 Å². The zero-order chi connectivity index (χ0) is 25.2. The number of epoxide rings is 2. The third-order valence-electron chi connectivity index (χ3n) is 7.13. The molecule has 0 aromatic carbocycles. The van der Waals surface area contributed by atoms with E-state index in [1.807, 2.05) is 0 Å². The molecule has 1 N–H and O–H groups in total. The number of hydrogen-bond donors (Lipinski definition) is 1. The van der Waals surface area contributed by atoms with Crippen molar-refractivity contribution >= 4 is 23.9 Å². The van der Waals surface area contributed by atoms with Crippen LogP contribution in [0.2, 0.25) is 0 Å². The average molecular weight is 480 g/mol. The van der Waals surface area contributed by atoms with Crippen LogP contribution < -0.4 is 0 Å². The number of carbonyl (C=O) groups excluding carboxylic acids is 4. The van der Waals surface area contributed by atoms with E-state index in [4.69, 9.17) is 28.4 Å². The highest BCUT2D eigenvalue weighted by Crippen LogP contribution is 2.51. The van der Waals surface area contributed by atoms with Crippen molar-refractivity contribution in [1.82, 2.24) is 0 Å². The van der Waals surface area contributed by atoms with Crippen LogP contribution in [0.4, 0.5) is 0 Å². The van der Waals surface area contributed by atoms with Crippen molar-refractivity contribution in [2.75, 3.05) is 7.11 Å². The van der Waals surface area contributed by atoms with Gasteiger partial charge in [-0.25, -0.2) is 14.4 Å². The fourth-order valence-electron chi connectivity index (χ4n) is 4.65. The summed E-state index contributed by atoms with van der Waals surface area (Å²) in [4.78, 5) is 50.5. The summed E-state index contributed by atoms with van der Waals surface area (Å²) >= 11 is 0. The maximum atomic E-state index is 13.1. The number of esters is 4. The Morgan fingerprint density at radius 3 is 2.41 bits per heavy atom. The van der Waals surface area contributed by atoms with Crippen LogP contribution in [0.3, 0.4) is 0 Å². The minimum Gasteiger partial charge on any atom is -0.466 e. The van der Waals surface area contributed by atoms with Gasteiger partial charge in [0, 0.05) is 12.5 Å². The normalized spacial score (nSPS) is 42.9. The average Bonchev–Trinajstić information content (AvgIpc) is 3.61. The zero-order valence-electron chi connectivity index (χ0n) is 19.6. The van der Waals surface area contributed by atoms with E-state index in [2.05, 4.69) is 6.58 Å². The van der Waals surface area contributed by atoms with Gasteiger partial charge in [-0.1, -0.05) is 12.7 Å². The fourth-order valence-corrected chi connectivity index (χ4v) is 4.65. The number of aliphatic hydroxyl groups excluding tert-OH is 1. The van der Waals surface area contributed by atoms with E-state index in [1.54, 1.807) is 13.8 Å². The Morgan fingerprint density at radius 2 is 1.85 bits per heavy atom. The molecule has 3 fully saturated rings. The summed E-state index contributed by atoms with van der Waals surface area (Å²) in [6, 6.07) is 0. The van der Waals surface area contributed by atoms with Gasteiger partial charge in [-0.05, 0) is 27.2 Å². The first-order valence-electron chi connectivity index (χ1n) is 10.9. The van der Waals surface area contributed by atoms with Crippen LogP contribution in [-0.4, -0.2) is 83.9 Å². The highest BCUT2D eigenvalue weighted by Gasteiger charge is 2.68. The molecule has 0 aromatic rings. The quantitative estimate of drug-likeness (QED) is 0.253. The maximum Gasteiger partial charge on any atom is 0.341 e. The van der Waals surface area contributed by atoms with Gasteiger partial charge in [0.1, 0.15) is 17.8 Å². The second kappa shape index (κ2) is 8.17. The highest BCUT2D eigenvalue weighted by atomic mass is 16.7. The van der Waals surface area contributed by atoms with Crippen LogP contribution in [0.1, 0.15) is 34.1 Å². The summed E-state index contributed by atoms with van der Waals surface area (Å²) in [6.07, 6.45) is -4.86. The van der Waals surface area contributed by atoms with Crippen molar-refractivity contribution in [2.24, 2.45) is 5.92 Å². The van der Waals surface area contributed by atoms with Crippen LogP contribution in [0.25, 0.3) is 0 Å². The Balaban J connectivity index is 1.85. The smallest absolute Gasteiger partial charge is 0.341 e. The molecular weight excluding hydrogens is 452 g/mol. The summed E-state index contributed by atoms with van der Waals surface area (Å²) in [6.45, 7) is 9.80. The van der Waals surface area contributed by atoms with Gasteiger partial charge in [0.25, 0.3) is 0 Å². The number of aliphatic hydroxyl groups is 1. The second-order valence-electron chi connectivity index (χ2n) is 9.31. The Bertz CT molecular complexity index is 985. The lowest BCUT2D eigenvalue weighted by Crippen LogP contribution is -2.50. The lowest BCUT2D eigenvalue weighted by molar-refractivity contribution is -0.175. The van der Waals surface area contributed by atoms with Crippen molar-refractivity contribution < 1.29 is 52.7 Å². The van der Waals surface area contributed by atoms with Gasteiger partial charge in [0.2, 0.25) is 0 Å². The molecule has 0 amide bonds. The molecule has 0 saturated carbocycles. The van der Waals surface area contributed by atoms with Gasteiger partial charge in [-0.3, -0.25) is 4.79 Å². The molecule has 4 rings (SSSR count). The molecule has 34 heavy (non-hydrogen) atoms. The maximum absolute atomic E-state index is 13.1. The summed E-state index contributed by atoms with van der Waals surface area (Å²) in [5, 5.41) is 10.8. The Labute approximate surface area is 195 Å². The van der Waals surface area contributed by atoms with Gasteiger partial charge < -0.3 is 33.5 Å². The number of carbonyl (C=O) groups is 4. The number of methoxy groups -OCH3 is 1. The molecule has 0 radical (unpaired) electrons. The second-order valence-corrected chi connectivity index (χ2v) is 9.31. The molecule has 0 bridgehead atoms. The molecular formula is C23H28O11. The van der Waals surface area contributed by atoms with Crippen molar-refractivity contribution in [3.8, 4) is 0 Å². The third kappa shape index (κ3) is 3.81. The summed E-state index contributed by atoms with van der Waals surface area (Å²) in [7, 11) is 1.14. The van der Waals surface area contributed by atoms with Crippen LogP contribution in [0, 0.1) is 5.92 Å². The van der Waals surface area contributed by atoms with Crippen molar-refractivity contribution in [3.63, 3.8) is 0 Å². The van der Waals surface area contributed by atoms with Gasteiger partial charge in [-0.15, -0.1) is 0 Å². The fraction of sp³-hybridized carbons (Fsp3) is 0.652. The molecule has 11 heteroatoms. The summed E-state index contributed by atoms with van der Waals surface area (Å²) < 4.78 is 32.8. The number of ether oxygens (including phenoxy) is 6. The number of fused-ring (bicyclic) bond motifs is 3. The van der Waals surface area contributed by atoms with E-state index >= 15 is 0 Å². The van der Waals surface area contributed by atoms with Crippen LogP contribution in [-0.2, 0) is 47.6 Å². The first-order chi connectivity index (χ1) is 15.8. The first-order valence-corrected chi connectivity index (χ1v) is 10.9. The van der Waals surface area contributed by atoms with Gasteiger partial charge in [-0.2, -0.15) is 0 Å². The zero-order valence-corrected chi connectivity index (χ0v) is 19.6. The minimum absolute atomic E-state index is 0.0491. The lowest BCUT2D eigenvalue weighted by atomic mass is 9.79. The van der Waals surface area contributed by atoms with Gasteiger partial charge in [0.05, 0.1) is 30.8 Å². The summed E-state index contributed by atoms with van der Waals surface area (Å²) in [5.41, 5.74) is -2.55. The van der Waals surface area contributed by atoms with Crippen molar-refractivity contribution in [1.29, 1.82) is 0 Å². The molecule has 0 aromatic heterocycles. The first kappa shape index (κ1) is 24.4. The molecule has 4 aliphatic rings. The van der Waals surface area contributed by atoms with Gasteiger partial charge in [0.15, 0.2) is 17.8 Å². The SMILES string of the molecule is C=C1C(=O)O[C@H]2[C@H]1[C@H](OC(=O)[C@@]1(C)O[C@H]1C)[C@H](OC(C)=O)C(C(=O)OC)=CC[C@@H](O)[C@]1(C)O[C@H]21. The third-order valence-corrected chi connectivity index (χ3v) is 7.13. The molecule has 9 atom stereocenters. The Hall–Kier alpha value is -2.76. The van der Waals surface area contributed by atoms with E-state index in [0.29, 0.717) is 0 Å². The summed E-state index contributed by atoms with van der Waals surface area (Å²) in [5.74, 6) is -4.22. The molecule has 0 unspecified atom stereocenters. The van der Waals surface area contributed by atoms with Crippen LogP contribution >= 0.6 is 0 Å². The predicted molar refractivity (Wildman–Crippen MR) is 111 cm³/mol. The predicted octanol–water partition coefficient (Wildman–Crippen LogP) is 0.127. The standard InChI is InChI=1S/C23H28O11/c1-9-14-16(32-21(28)22(4)10(2)33-22)15(30-11(3)24)12(20(27)29-6)7-8-13(25)23(5)18(34-23)17(14)31-19(9)26/h7,10,13-18,25H,1,8H2,2-6H3/t10-,13+,14+,15+,16-,17-,18+,22-,23-/m0/s1. The molecule has 186 valence electrons. The lowest BCUT2D eigenvalue weighted by Gasteiger charge is -2.34. The van der Waals surface area contributed by atoms with Crippen molar-refractivity contribution in [3.05, 3.63) is 23.8 Å². The van der Waals surface area contributed by atoms with Crippen LogP contribution in [0.5, 0.6) is 0 Å². The number of rotatable bonds is 4. The molecule has 3 saturated heterocycles. The van der Waals surface area contributed by atoms with Gasteiger partial charge >= 0.3 is 23.9 Å². The van der Waals surface area contributed by atoms with Crippen LogP contribution in [0.15, 0.2) is 23.8 Å². The molecule has 11 nitrogen and oxygen atoms in total. The molecule has 0 spiro atoms. The molecule has 3 heterocycles. The monoisotopic (exact) mass is 480 g/mol. The Morgan fingerprint density at radius 1 is 1.21 bits per heavy atom. The number of hydrogen-bond acceptors (Lipinski definition) is 11. The van der Waals surface area contributed by atoms with E-state index in [1.165, 1.54) is 13.0 Å². The molecule has 3 aliphatic heterocycles. The Kier molecular flexibility index (Phi) is 5.86. The molecule has 1 aliphatic carbocycles. The van der Waals surface area contributed by atoms with E-state index in [0.717, 1.165) is 14.0 Å².